The van der Waals surface area contributed by atoms with E-state index in [1.807, 2.05) is 0 Å². The SMILES string of the molecule is COc1ccccc1C(=O)NC1(C(F)(F)F)C(=O)N=C(C)C1C#N. The third kappa shape index (κ3) is 2.50. The Balaban J connectivity index is 2.51. The molecule has 1 aliphatic rings. The minimum atomic E-state index is -5.20. The van der Waals surface area contributed by atoms with Crippen LogP contribution in [0.3, 0.4) is 0 Å². The Hall–Kier alpha value is -2.89. The van der Waals surface area contributed by atoms with Gasteiger partial charge in [-0.3, -0.25) is 9.59 Å². The highest BCUT2D eigenvalue weighted by atomic mass is 19.4. The van der Waals surface area contributed by atoms with Gasteiger partial charge in [-0.05, 0) is 19.1 Å². The number of methoxy groups -OCH3 is 1. The second kappa shape index (κ2) is 5.96. The summed E-state index contributed by atoms with van der Waals surface area (Å²) in [6, 6.07) is 6.99. The highest BCUT2D eigenvalue weighted by Gasteiger charge is 2.69. The van der Waals surface area contributed by atoms with Crippen LogP contribution >= 0.6 is 0 Å². The van der Waals surface area contributed by atoms with E-state index in [1.54, 1.807) is 5.32 Å². The average molecular weight is 339 g/mol. The van der Waals surface area contributed by atoms with E-state index < -0.39 is 29.4 Å². The number of nitrogens with one attached hydrogen (secondary N) is 1. The van der Waals surface area contributed by atoms with E-state index in [1.165, 1.54) is 37.4 Å². The molecular weight excluding hydrogens is 327 g/mol. The first-order valence-electron chi connectivity index (χ1n) is 6.70. The van der Waals surface area contributed by atoms with Crippen molar-refractivity contribution in [2.45, 2.75) is 18.6 Å². The fraction of sp³-hybridized carbons (Fsp3) is 0.333. The lowest BCUT2D eigenvalue weighted by Crippen LogP contribution is -2.66. The van der Waals surface area contributed by atoms with Crippen LogP contribution in [0.15, 0.2) is 29.3 Å². The topological polar surface area (TPSA) is 91.5 Å². The summed E-state index contributed by atoms with van der Waals surface area (Å²) < 4.78 is 45.9. The number of nitrogens with zero attached hydrogens (tertiary/aromatic N) is 2. The smallest absolute Gasteiger partial charge is 0.422 e. The Morgan fingerprint density at radius 2 is 2.04 bits per heavy atom. The van der Waals surface area contributed by atoms with Crippen LogP contribution in [-0.2, 0) is 4.79 Å². The zero-order valence-corrected chi connectivity index (χ0v) is 12.6. The molecule has 1 aromatic rings. The van der Waals surface area contributed by atoms with Gasteiger partial charge in [-0.25, -0.2) is 4.99 Å². The molecule has 1 N–H and O–H groups in total. The zero-order chi connectivity index (χ0) is 18.1. The fourth-order valence-corrected chi connectivity index (χ4v) is 2.50. The molecular formula is C15H12F3N3O3. The summed E-state index contributed by atoms with van der Waals surface area (Å²) in [6.07, 6.45) is -5.20. The van der Waals surface area contributed by atoms with Crippen LogP contribution in [0, 0.1) is 17.2 Å². The summed E-state index contributed by atoms with van der Waals surface area (Å²) in [5, 5.41) is 10.8. The molecule has 0 aromatic heterocycles. The maximum atomic E-state index is 13.6. The number of hydrogen-bond donors (Lipinski definition) is 1. The second-order valence-electron chi connectivity index (χ2n) is 5.08. The van der Waals surface area contributed by atoms with E-state index in [2.05, 4.69) is 4.99 Å². The highest BCUT2D eigenvalue weighted by Crippen LogP contribution is 2.42. The number of aliphatic imine (C=N–C) groups is 1. The molecule has 1 aromatic carbocycles. The summed E-state index contributed by atoms with van der Waals surface area (Å²) in [5.41, 5.74) is -3.91. The molecule has 2 atom stereocenters. The van der Waals surface area contributed by atoms with E-state index in [-0.39, 0.29) is 17.0 Å². The van der Waals surface area contributed by atoms with Crippen molar-refractivity contribution in [2.75, 3.05) is 7.11 Å². The zero-order valence-electron chi connectivity index (χ0n) is 12.6. The van der Waals surface area contributed by atoms with E-state index in [0.717, 1.165) is 6.92 Å². The monoisotopic (exact) mass is 339 g/mol. The van der Waals surface area contributed by atoms with Gasteiger partial charge in [-0.1, -0.05) is 12.1 Å². The van der Waals surface area contributed by atoms with Crippen molar-refractivity contribution < 1.29 is 27.5 Å². The predicted octanol–water partition coefficient (Wildman–Crippen LogP) is 1.87. The summed E-state index contributed by atoms with van der Waals surface area (Å²) in [4.78, 5) is 27.5. The summed E-state index contributed by atoms with van der Waals surface area (Å²) in [5.74, 6) is -4.72. The van der Waals surface area contributed by atoms with Crippen molar-refractivity contribution in [3.05, 3.63) is 29.8 Å². The van der Waals surface area contributed by atoms with Gasteiger partial charge in [0.05, 0.1) is 18.7 Å². The molecule has 0 bridgehead atoms. The van der Waals surface area contributed by atoms with E-state index in [9.17, 15) is 22.8 Å². The maximum absolute atomic E-state index is 13.6. The first-order valence-corrected chi connectivity index (χ1v) is 6.70. The van der Waals surface area contributed by atoms with Gasteiger partial charge in [-0.15, -0.1) is 0 Å². The molecule has 1 heterocycles. The number of benzene rings is 1. The molecule has 1 aliphatic heterocycles. The van der Waals surface area contributed by atoms with Crippen molar-refractivity contribution >= 4 is 17.5 Å². The lowest BCUT2D eigenvalue weighted by Gasteiger charge is -2.32. The van der Waals surface area contributed by atoms with Gasteiger partial charge in [0.15, 0.2) is 0 Å². The normalized spacial score (nSPS) is 23.4. The van der Waals surface area contributed by atoms with Gasteiger partial charge in [0.2, 0.25) is 5.54 Å². The molecule has 0 radical (unpaired) electrons. The largest absolute Gasteiger partial charge is 0.496 e. The van der Waals surface area contributed by atoms with Gasteiger partial charge in [-0.2, -0.15) is 18.4 Å². The van der Waals surface area contributed by atoms with E-state index >= 15 is 0 Å². The number of carbonyl (C=O) groups excluding carboxylic acids is 2. The van der Waals surface area contributed by atoms with Gasteiger partial charge >= 0.3 is 6.18 Å². The molecule has 0 aliphatic carbocycles. The number of ether oxygens (including phenoxy) is 1. The fourth-order valence-electron chi connectivity index (χ4n) is 2.50. The van der Waals surface area contributed by atoms with Crippen molar-refractivity contribution in [2.24, 2.45) is 10.9 Å². The third-order valence-electron chi connectivity index (χ3n) is 3.70. The minimum absolute atomic E-state index is 0.0314. The molecule has 24 heavy (non-hydrogen) atoms. The van der Waals surface area contributed by atoms with Crippen LogP contribution in [0.2, 0.25) is 0 Å². The second-order valence-corrected chi connectivity index (χ2v) is 5.08. The van der Waals surface area contributed by atoms with E-state index in [0.29, 0.717) is 0 Å². The molecule has 0 spiro atoms. The third-order valence-corrected chi connectivity index (χ3v) is 3.70. The highest BCUT2D eigenvalue weighted by molar-refractivity contribution is 6.13. The molecule has 2 amide bonds. The summed E-state index contributed by atoms with van der Waals surface area (Å²) in [6.45, 7) is 1.13. The van der Waals surface area contributed by atoms with Crippen LogP contribution < -0.4 is 10.1 Å². The molecule has 0 fully saturated rings. The minimum Gasteiger partial charge on any atom is -0.496 e. The Kier molecular flexibility index (Phi) is 4.34. The van der Waals surface area contributed by atoms with Crippen LogP contribution in [0.4, 0.5) is 13.2 Å². The number of halogens is 3. The number of rotatable bonds is 3. The molecule has 0 saturated carbocycles. The number of amides is 2. The van der Waals surface area contributed by atoms with Crippen molar-refractivity contribution in [3.8, 4) is 11.8 Å². The predicted molar refractivity (Wildman–Crippen MR) is 76.5 cm³/mol. The number of nitriles is 1. The van der Waals surface area contributed by atoms with Crippen LogP contribution in [0.1, 0.15) is 17.3 Å². The summed E-state index contributed by atoms with van der Waals surface area (Å²) >= 11 is 0. The van der Waals surface area contributed by atoms with Crippen molar-refractivity contribution in [3.63, 3.8) is 0 Å². The number of carbonyl (C=O) groups is 2. The lowest BCUT2D eigenvalue weighted by molar-refractivity contribution is -0.197. The first-order chi connectivity index (χ1) is 11.2. The maximum Gasteiger partial charge on any atom is 0.422 e. The van der Waals surface area contributed by atoms with Crippen LogP contribution in [-0.4, -0.2) is 36.4 Å². The van der Waals surface area contributed by atoms with Crippen LogP contribution in [0.5, 0.6) is 5.75 Å². The molecule has 6 nitrogen and oxygen atoms in total. The molecule has 0 saturated heterocycles. The van der Waals surface area contributed by atoms with Crippen LogP contribution in [0.25, 0.3) is 0 Å². The standard InChI is InChI=1S/C15H12F3N3O3/c1-8-10(7-19)14(13(23)20-8,15(16,17)18)21-12(22)9-5-3-4-6-11(9)24-2/h3-6,10H,1-2H3,(H,21,22). The quantitative estimate of drug-likeness (QED) is 0.910. The molecule has 2 rings (SSSR count). The summed E-state index contributed by atoms with van der Waals surface area (Å²) in [7, 11) is 1.25. The Morgan fingerprint density at radius 3 is 2.58 bits per heavy atom. The molecule has 9 heteroatoms. The number of para-hydroxylation sites is 1. The van der Waals surface area contributed by atoms with Gasteiger partial charge in [0, 0.05) is 5.71 Å². The first kappa shape index (κ1) is 17.5. The van der Waals surface area contributed by atoms with Gasteiger partial charge in [0.1, 0.15) is 11.7 Å². The number of alkyl halides is 3. The Morgan fingerprint density at radius 1 is 1.42 bits per heavy atom. The molecule has 126 valence electrons. The average Bonchev–Trinajstić information content (AvgIpc) is 2.77. The van der Waals surface area contributed by atoms with Crippen molar-refractivity contribution in [1.82, 2.24) is 5.32 Å². The van der Waals surface area contributed by atoms with Crippen molar-refractivity contribution in [1.29, 1.82) is 5.26 Å². The van der Waals surface area contributed by atoms with Gasteiger partial charge < -0.3 is 10.1 Å². The van der Waals surface area contributed by atoms with Gasteiger partial charge in [0.25, 0.3) is 11.8 Å². The Bertz CT molecular complexity index is 767. The lowest BCUT2D eigenvalue weighted by atomic mass is 9.83. The molecule has 2 unspecified atom stereocenters. The Labute approximate surface area is 134 Å². The van der Waals surface area contributed by atoms with E-state index in [4.69, 9.17) is 10.00 Å². The number of hydrogen-bond acceptors (Lipinski definition) is 4.